The molecule has 0 saturated carbocycles. The summed E-state index contributed by atoms with van der Waals surface area (Å²) in [6.07, 6.45) is -0.255. The second kappa shape index (κ2) is 21.5. The fourth-order valence-corrected chi connectivity index (χ4v) is 7.86. The van der Waals surface area contributed by atoms with Gasteiger partial charge < -0.3 is 38.9 Å². The van der Waals surface area contributed by atoms with Crippen molar-refractivity contribution in [2.24, 2.45) is 0 Å². The number of carbonyl (C=O) groups excluding carboxylic acids is 4. The Morgan fingerprint density at radius 2 is 1.36 bits per heavy atom. The number of esters is 1. The van der Waals surface area contributed by atoms with Crippen LogP contribution >= 0.6 is 0 Å². The van der Waals surface area contributed by atoms with Crippen LogP contribution in [0.25, 0.3) is 0 Å². The number of nitrogens with zero attached hydrogens (tertiary/aromatic N) is 2. The maximum absolute atomic E-state index is 13.6. The molecule has 1 unspecified atom stereocenters. The molecule has 7 rings (SSSR count). The molecule has 1 aromatic heterocycles. The van der Waals surface area contributed by atoms with Gasteiger partial charge in [-0.15, -0.1) is 0 Å². The predicted molar refractivity (Wildman–Crippen MR) is 245 cm³/mol. The number of aromatic hydroxyl groups is 1. The van der Waals surface area contributed by atoms with E-state index in [4.69, 9.17) is 23.7 Å². The maximum Gasteiger partial charge on any atom is 0.351 e. The molecule has 2 N–H and O–H groups in total. The van der Waals surface area contributed by atoms with Crippen LogP contribution in [0.1, 0.15) is 77.0 Å². The Morgan fingerprint density at radius 1 is 0.758 bits per heavy atom. The van der Waals surface area contributed by atoms with E-state index in [2.05, 4.69) is 10.3 Å². The highest BCUT2D eigenvalue weighted by Crippen LogP contribution is 2.43. The highest BCUT2D eigenvalue weighted by atomic mass is 16.6. The number of carbonyl (C=O) groups is 4. The van der Waals surface area contributed by atoms with E-state index >= 15 is 0 Å². The standard InChI is InChI=1S/C52H51N3O11/c1-34(56)9-28-49(59)66-45-32-48(55-30-29-47(54-51(55)61)53-50(60)37-15-10-35(11-16-37)12-23-42(58)31-36-13-21-41(57)22-14-36)65-46(45)33-64-52(38-7-5-4-6-8-38,39-17-24-43(62-2)25-18-39)40-19-26-44(63-3)27-20-40/h4-8,10-11,13-22,24-27,29-30,45-46,48,57H,9,12,23,28,31-33H2,1-3H3,(H,53,54,60,61)/t45?,46-,48-/m1/s1. The Kier molecular flexibility index (Phi) is 15.2. The van der Waals surface area contributed by atoms with Gasteiger partial charge in [-0.05, 0) is 95.8 Å². The third-order valence-electron chi connectivity index (χ3n) is 11.4. The summed E-state index contributed by atoms with van der Waals surface area (Å²) in [5.74, 6) is 0.267. The minimum atomic E-state index is -1.22. The predicted octanol–water partition coefficient (Wildman–Crippen LogP) is 7.54. The van der Waals surface area contributed by atoms with Gasteiger partial charge in [0.05, 0.1) is 27.2 Å². The number of Topliss-reactive ketones (excluding diaryl/α,β-unsaturated/α-hetero) is 2. The lowest BCUT2D eigenvalue weighted by atomic mass is 9.80. The largest absolute Gasteiger partial charge is 0.508 e. The minimum Gasteiger partial charge on any atom is -0.508 e. The molecule has 5 aromatic carbocycles. The Bertz CT molecular complexity index is 2620. The van der Waals surface area contributed by atoms with Gasteiger partial charge in [-0.2, -0.15) is 4.98 Å². The number of methoxy groups -OCH3 is 2. The van der Waals surface area contributed by atoms with Crippen molar-refractivity contribution in [1.29, 1.82) is 0 Å². The third kappa shape index (κ3) is 11.4. The van der Waals surface area contributed by atoms with Crippen LogP contribution in [0.15, 0.2) is 144 Å². The minimum absolute atomic E-state index is 0.00773. The van der Waals surface area contributed by atoms with Gasteiger partial charge in [0.25, 0.3) is 5.91 Å². The van der Waals surface area contributed by atoms with Gasteiger partial charge in [-0.25, -0.2) is 4.79 Å². The molecule has 3 atom stereocenters. The monoisotopic (exact) mass is 893 g/mol. The van der Waals surface area contributed by atoms with E-state index in [0.717, 1.165) is 27.8 Å². The molecule has 14 nitrogen and oxygen atoms in total. The van der Waals surface area contributed by atoms with Crippen LogP contribution in [-0.2, 0) is 47.0 Å². The Morgan fingerprint density at radius 3 is 1.95 bits per heavy atom. The van der Waals surface area contributed by atoms with Crippen molar-refractivity contribution < 1.29 is 48.0 Å². The molecule has 1 aliphatic heterocycles. The molecule has 1 amide bonds. The van der Waals surface area contributed by atoms with Crippen molar-refractivity contribution in [3.05, 3.63) is 184 Å². The van der Waals surface area contributed by atoms with Crippen LogP contribution in [0.3, 0.4) is 0 Å². The first-order valence-corrected chi connectivity index (χ1v) is 21.6. The summed E-state index contributed by atoms with van der Waals surface area (Å²) in [7, 11) is 3.18. The van der Waals surface area contributed by atoms with Crippen molar-refractivity contribution in [2.45, 2.75) is 69.5 Å². The summed E-state index contributed by atoms with van der Waals surface area (Å²) < 4.78 is 31.8. The van der Waals surface area contributed by atoms with Crippen LogP contribution < -0.4 is 20.5 Å². The number of phenolic OH excluding ortho intramolecular Hbond substituents is 1. The summed E-state index contributed by atoms with van der Waals surface area (Å²) in [5.41, 5.74) is 2.42. The Hall–Kier alpha value is -7.42. The zero-order valence-electron chi connectivity index (χ0n) is 36.9. The molecule has 1 aliphatic rings. The molecule has 66 heavy (non-hydrogen) atoms. The average Bonchev–Trinajstić information content (AvgIpc) is 3.73. The van der Waals surface area contributed by atoms with Gasteiger partial charge in [0.1, 0.15) is 58.7 Å². The molecule has 6 aromatic rings. The smallest absolute Gasteiger partial charge is 0.351 e. The van der Waals surface area contributed by atoms with E-state index in [1.165, 1.54) is 23.8 Å². The number of benzene rings is 5. The zero-order chi connectivity index (χ0) is 46.6. The first-order valence-electron chi connectivity index (χ1n) is 21.6. The molecule has 0 radical (unpaired) electrons. The number of rotatable bonds is 20. The van der Waals surface area contributed by atoms with E-state index in [1.807, 2.05) is 78.9 Å². The van der Waals surface area contributed by atoms with Crippen molar-refractivity contribution in [3.63, 3.8) is 0 Å². The van der Waals surface area contributed by atoms with Gasteiger partial charge in [0.15, 0.2) is 0 Å². The Balaban J connectivity index is 1.08. The number of nitrogens with one attached hydrogen (secondary N) is 1. The summed E-state index contributed by atoms with van der Waals surface area (Å²) >= 11 is 0. The van der Waals surface area contributed by atoms with Crippen LogP contribution in [0.5, 0.6) is 17.2 Å². The Labute approximate surface area is 382 Å². The fraction of sp³-hybridized carbons (Fsp3) is 0.269. The molecule has 0 aliphatic carbocycles. The lowest BCUT2D eigenvalue weighted by molar-refractivity contribution is -0.156. The molecule has 0 bridgehead atoms. The summed E-state index contributed by atoms with van der Waals surface area (Å²) in [5, 5.41) is 12.2. The number of ketones is 2. The van der Waals surface area contributed by atoms with Crippen LogP contribution in [0.2, 0.25) is 0 Å². The van der Waals surface area contributed by atoms with Crippen LogP contribution in [-0.4, -0.2) is 71.1 Å². The number of ether oxygens (including phenoxy) is 5. The van der Waals surface area contributed by atoms with E-state index < -0.39 is 41.6 Å². The quantitative estimate of drug-likeness (QED) is 0.0569. The van der Waals surface area contributed by atoms with Crippen molar-refractivity contribution in [2.75, 3.05) is 26.1 Å². The first kappa shape index (κ1) is 46.6. The maximum atomic E-state index is 13.6. The molecule has 14 heteroatoms. The molecule has 0 spiro atoms. The van der Waals surface area contributed by atoms with Crippen molar-refractivity contribution in [1.82, 2.24) is 9.55 Å². The first-order chi connectivity index (χ1) is 31.9. The number of anilines is 1. The van der Waals surface area contributed by atoms with Crippen molar-refractivity contribution in [3.8, 4) is 17.2 Å². The second-order valence-electron chi connectivity index (χ2n) is 15.9. The second-order valence-corrected chi connectivity index (χ2v) is 15.9. The van der Waals surface area contributed by atoms with Gasteiger partial charge in [-0.3, -0.25) is 19.0 Å². The average molecular weight is 894 g/mol. The fourth-order valence-electron chi connectivity index (χ4n) is 7.86. The van der Waals surface area contributed by atoms with E-state index in [-0.39, 0.29) is 55.4 Å². The number of hydrogen-bond acceptors (Lipinski definition) is 12. The van der Waals surface area contributed by atoms with Crippen molar-refractivity contribution >= 4 is 29.3 Å². The van der Waals surface area contributed by atoms with Gasteiger partial charge in [0, 0.05) is 37.4 Å². The topological polar surface area (TPSA) is 182 Å². The van der Waals surface area contributed by atoms with Gasteiger partial charge in [-0.1, -0.05) is 78.9 Å². The molecule has 1 fully saturated rings. The lowest BCUT2D eigenvalue weighted by Crippen LogP contribution is -2.39. The SMILES string of the molecule is COc1ccc(C(OC[C@H]2O[C@@H](n3ccc(NC(=O)c4ccc(CCC(=O)Cc5ccc(O)cc5)cc4)nc3=O)CC2OC(=O)CCC(C)=O)(c2ccccc2)c2ccc(OC)cc2)cc1. The number of aryl methyl sites for hydroxylation is 1. The number of hydrogen-bond donors (Lipinski definition) is 2. The van der Waals surface area contributed by atoms with E-state index in [0.29, 0.717) is 29.9 Å². The summed E-state index contributed by atoms with van der Waals surface area (Å²) in [6, 6.07) is 39.5. The van der Waals surface area contributed by atoms with E-state index in [9.17, 15) is 29.1 Å². The highest BCUT2D eigenvalue weighted by Gasteiger charge is 2.44. The molecular formula is C52H51N3O11. The normalized spacial score (nSPS) is 15.7. The highest BCUT2D eigenvalue weighted by molar-refractivity contribution is 6.03. The number of aromatic nitrogens is 2. The van der Waals surface area contributed by atoms with Gasteiger partial charge in [0.2, 0.25) is 0 Å². The zero-order valence-corrected chi connectivity index (χ0v) is 36.9. The summed E-state index contributed by atoms with van der Waals surface area (Å²) in [4.78, 5) is 68.4. The molecular weight excluding hydrogens is 843 g/mol. The third-order valence-corrected chi connectivity index (χ3v) is 11.4. The summed E-state index contributed by atoms with van der Waals surface area (Å²) in [6.45, 7) is 1.29. The van der Waals surface area contributed by atoms with Crippen LogP contribution in [0, 0.1) is 0 Å². The lowest BCUT2D eigenvalue weighted by Gasteiger charge is -2.37. The number of amides is 1. The molecule has 1 saturated heterocycles. The molecule has 2 heterocycles. The van der Waals surface area contributed by atoms with E-state index in [1.54, 1.807) is 62.8 Å². The molecule has 340 valence electrons. The number of phenols is 1. The van der Waals surface area contributed by atoms with Gasteiger partial charge >= 0.3 is 11.7 Å². The van der Waals surface area contributed by atoms with Crippen LogP contribution in [0.4, 0.5) is 5.82 Å².